The Morgan fingerprint density at radius 1 is 1.12 bits per heavy atom. The summed E-state index contributed by atoms with van der Waals surface area (Å²) in [6.45, 7) is 7.78. The van der Waals surface area contributed by atoms with E-state index >= 15 is 0 Å². The highest BCUT2D eigenvalue weighted by molar-refractivity contribution is 5.91. The van der Waals surface area contributed by atoms with Crippen LogP contribution in [0, 0.1) is 5.92 Å². The van der Waals surface area contributed by atoms with Crippen molar-refractivity contribution in [3.8, 4) is 0 Å². The Bertz CT molecular complexity index is 580. The molecule has 1 fully saturated rings. The van der Waals surface area contributed by atoms with Gasteiger partial charge in [0.2, 0.25) is 0 Å². The Kier molecular flexibility index (Phi) is 7.91. The average molecular weight is 362 g/mol. The van der Waals surface area contributed by atoms with Gasteiger partial charge in [0.1, 0.15) is 0 Å². The summed E-state index contributed by atoms with van der Waals surface area (Å²) in [6, 6.07) is 8.05. The SMILES string of the molecule is CCCNC(=O)C[NH+](C)CC(=O)Nc1ccc(N2CCC(C)CC2)cc1. The normalized spacial score (nSPS) is 16.2. The van der Waals surface area contributed by atoms with Crippen LogP contribution < -0.4 is 20.4 Å². The summed E-state index contributed by atoms with van der Waals surface area (Å²) in [5.74, 6) is 0.719. The van der Waals surface area contributed by atoms with E-state index in [2.05, 4.69) is 34.6 Å². The Labute approximate surface area is 156 Å². The number of amides is 2. The first-order valence-corrected chi connectivity index (χ1v) is 9.70. The topological polar surface area (TPSA) is 65.9 Å². The van der Waals surface area contributed by atoms with Crippen molar-refractivity contribution in [2.24, 2.45) is 5.92 Å². The second-order valence-electron chi connectivity index (χ2n) is 7.43. The number of benzene rings is 1. The molecule has 1 heterocycles. The maximum Gasteiger partial charge on any atom is 0.279 e. The average Bonchev–Trinajstić information content (AvgIpc) is 2.61. The van der Waals surface area contributed by atoms with Gasteiger partial charge in [0.25, 0.3) is 11.8 Å². The molecule has 1 aromatic rings. The molecule has 0 saturated carbocycles. The van der Waals surface area contributed by atoms with Crippen LogP contribution >= 0.6 is 0 Å². The number of carbonyl (C=O) groups is 2. The lowest BCUT2D eigenvalue weighted by Crippen LogP contribution is -3.11. The van der Waals surface area contributed by atoms with Crippen LogP contribution in [0.25, 0.3) is 0 Å². The summed E-state index contributed by atoms with van der Waals surface area (Å²) in [4.78, 5) is 27.1. The molecule has 6 heteroatoms. The van der Waals surface area contributed by atoms with E-state index in [0.717, 1.165) is 36.0 Å². The summed E-state index contributed by atoms with van der Waals surface area (Å²) in [6.07, 6.45) is 3.39. The molecule has 2 rings (SSSR count). The molecule has 144 valence electrons. The predicted molar refractivity (Wildman–Crippen MR) is 106 cm³/mol. The van der Waals surface area contributed by atoms with Crippen molar-refractivity contribution in [3.63, 3.8) is 0 Å². The third-order valence-corrected chi connectivity index (χ3v) is 4.80. The highest BCUT2D eigenvalue weighted by Gasteiger charge is 2.17. The minimum absolute atomic E-state index is 0.0163. The van der Waals surface area contributed by atoms with Crippen molar-refractivity contribution in [3.05, 3.63) is 24.3 Å². The number of anilines is 2. The van der Waals surface area contributed by atoms with E-state index in [0.29, 0.717) is 13.1 Å². The molecule has 0 aromatic heterocycles. The molecular weight excluding hydrogens is 328 g/mol. The molecule has 0 spiro atoms. The molecule has 1 aliphatic heterocycles. The first-order valence-electron chi connectivity index (χ1n) is 9.70. The lowest BCUT2D eigenvalue weighted by Gasteiger charge is -2.32. The van der Waals surface area contributed by atoms with E-state index in [4.69, 9.17) is 0 Å². The van der Waals surface area contributed by atoms with Crippen LogP contribution in [-0.4, -0.2) is 51.6 Å². The Morgan fingerprint density at radius 3 is 2.35 bits per heavy atom. The van der Waals surface area contributed by atoms with Crippen LogP contribution in [0.2, 0.25) is 0 Å². The zero-order chi connectivity index (χ0) is 18.9. The van der Waals surface area contributed by atoms with E-state index < -0.39 is 0 Å². The van der Waals surface area contributed by atoms with Crippen molar-refractivity contribution in [1.82, 2.24) is 5.32 Å². The number of hydrogen-bond donors (Lipinski definition) is 3. The van der Waals surface area contributed by atoms with Crippen molar-refractivity contribution < 1.29 is 14.5 Å². The standard InChI is InChI=1S/C20H32N4O2/c1-4-11-21-19(25)14-23(3)15-20(26)22-17-5-7-18(8-6-17)24-12-9-16(2)10-13-24/h5-8,16H,4,9-15H2,1-3H3,(H,21,25)(H,22,26)/p+1. The summed E-state index contributed by atoms with van der Waals surface area (Å²) in [5, 5.41) is 5.75. The summed E-state index contributed by atoms with van der Waals surface area (Å²) in [7, 11) is 1.85. The molecule has 3 N–H and O–H groups in total. The fourth-order valence-electron chi connectivity index (χ4n) is 3.17. The third-order valence-electron chi connectivity index (χ3n) is 4.80. The van der Waals surface area contributed by atoms with Crippen molar-refractivity contribution in [2.75, 3.05) is 50.0 Å². The van der Waals surface area contributed by atoms with Gasteiger partial charge < -0.3 is 20.4 Å². The summed E-state index contributed by atoms with van der Waals surface area (Å²) >= 11 is 0. The van der Waals surface area contributed by atoms with Gasteiger partial charge in [0.05, 0.1) is 7.05 Å². The molecule has 0 radical (unpaired) electrons. The quantitative estimate of drug-likeness (QED) is 0.645. The van der Waals surface area contributed by atoms with Crippen LogP contribution in [0.1, 0.15) is 33.1 Å². The lowest BCUT2D eigenvalue weighted by molar-refractivity contribution is -0.862. The number of nitrogens with zero attached hydrogens (tertiary/aromatic N) is 1. The van der Waals surface area contributed by atoms with E-state index in [1.807, 2.05) is 26.1 Å². The summed E-state index contributed by atoms with van der Waals surface area (Å²) in [5.41, 5.74) is 2.01. The van der Waals surface area contributed by atoms with Crippen molar-refractivity contribution >= 4 is 23.2 Å². The molecule has 1 aliphatic rings. The highest BCUT2D eigenvalue weighted by atomic mass is 16.2. The maximum absolute atomic E-state index is 12.2. The van der Waals surface area contributed by atoms with E-state index in [-0.39, 0.29) is 18.4 Å². The molecule has 6 nitrogen and oxygen atoms in total. The molecule has 2 amide bonds. The van der Waals surface area contributed by atoms with Crippen LogP contribution in [0.3, 0.4) is 0 Å². The van der Waals surface area contributed by atoms with Gasteiger partial charge in [-0.2, -0.15) is 0 Å². The molecule has 26 heavy (non-hydrogen) atoms. The lowest BCUT2D eigenvalue weighted by atomic mass is 9.99. The fraction of sp³-hybridized carbons (Fsp3) is 0.600. The van der Waals surface area contributed by atoms with Gasteiger partial charge in [-0.1, -0.05) is 13.8 Å². The predicted octanol–water partition coefficient (Wildman–Crippen LogP) is 0.902. The molecule has 0 aliphatic carbocycles. The van der Waals surface area contributed by atoms with Gasteiger partial charge in [-0.25, -0.2) is 0 Å². The smallest absolute Gasteiger partial charge is 0.279 e. The Morgan fingerprint density at radius 2 is 1.73 bits per heavy atom. The number of carbonyl (C=O) groups excluding carboxylic acids is 2. The number of piperidine rings is 1. The van der Waals surface area contributed by atoms with Crippen LogP contribution in [0.4, 0.5) is 11.4 Å². The van der Waals surface area contributed by atoms with Gasteiger partial charge in [-0.15, -0.1) is 0 Å². The van der Waals surface area contributed by atoms with E-state index in [9.17, 15) is 9.59 Å². The van der Waals surface area contributed by atoms with E-state index in [1.54, 1.807) is 0 Å². The molecule has 1 saturated heterocycles. The maximum atomic E-state index is 12.2. The molecular formula is C20H33N4O2+. The highest BCUT2D eigenvalue weighted by Crippen LogP contribution is 2.24. The zero-order valence-electron chi connectivity index (χ0n) is 16.3. The number of hydrogen-bond acceptors (Lipinski definition) is 3. The monoisotopic (exact) mass is 361 g/mol. The number of nitrogens with one attached hydrogen (secondary N) is 3. The molecule has 1 aromatic carbocycles. The minimum Gasteiger partial charge on any atom is -0.372 e. The van der Waals surface area contributed by atoms with Crippen LogP contribution in [0.5, 0.6) is 0 Å². The fourth-order valence-corrected chi connectivity index (χ4v) is 3.17. The zero-order valence-corrected chi connectivity index (χ0v) is 16.3. The molecule has 1 unspecified atom stereocenters. The van der Waals surface area contributed by atoms with Crippen LogP contribution in [0.15, 0.2) is 24.3 Å². The number of likely N-dealkylation sites (N-methyl/N-ethyl adjacent to an activating group) is 1. The van der Waals surface area contributed by atoms with Crippen molar-refractivity contribution in [1.29, 1.82) is 0 Å². The summed E-state index contributed by atoms with van der Waals surface area (Å²) < 4.78 is 0. The van der Waals surface area contributed by atoms with Gasteiger partial charge >= 0.3 is 0 Å². The van der Waals surface area contributed by atoms with Crippen molar-refractivity contribution in [2.45, 2.75) is 33.1 Å². The van der Waals surface area contributed by atoms with Crippen LogP contribution in [-0.2, 0) is 9.59 Å². The van der Waals surface area contributed by atoms with Gasteiger partial charge in [-0.05, 0) is 49.4 Å². The van der Waals surface area contributed by atoms with Gasteiger partial charge in [-0.3, -0.25) is 9.59 Å². The first-order chi connectivity index (χ1) is 12.5. The Balaban J connectivity index is 1.77. The Hall–Kier alpha value is -2.08. The minimum atomic E-state index is -0.0784. The second kappa shape index (κ2) is 10.2. The van der Waals surface area contributed by atoms with Gasteiger partial charge in [0, 0.05) is 31.0 Å². The first kappa shape index (κ1) is 20.2. The van der Waals surface area contributed by atoms with E-state index in [1.165, 1.54) is 18.5 Å². The largest absolute Gasteiger partial charge is 0.372 e. The molecule has 1 atom stereocenters. The third kappa shape index (κ3) is 6.67. The molecule has 0 bridgehead atoms. The number of rotatable bonds is 8. The van der Waals surface area contributed by atoms with Gasteiger partial charge in [0.15, 0.2) is 13.1 Å². The second-order valence-corrected chi connectivity index (χ2v) is 7.43. The number of quaternary nitrogens is 1.